The van der Waals surface area contributed by atoms with Crippen LogP contribution in [0.2, 0.25) is 0 Å². The molecule has 0 atom stereocenters. The number of nitrogens with one attached hydrogen (secondary N) is 3. The average Bonchev–Trinajstić information content (AvgIpc) is 2.28. The van der Waals surface area contributed by atoms with Crippen molar-refractivity contribution in [2.24, 2.45) is 0 Å². The molecule has 0 aromatic carbocycles. The van der Waals surface area contributed by atoms with Crippen LogP contribution >= 0.6 is 11.6 Å². The van der Waals surface area contributed by atoms with Crippen molar-refractivity contribution in [1.29, 1.82) is 0 Å². The highest BCUT2D eigenvalue weighted by Gasteiger charge is 2.05. The first-order valence-electron chi connectivity index (χ1n) is 5.54. The lowest BCUT2D eigenvalue weighted by Gasteiger charge is -2.07. The Hall–Kier alpha value is -1.56. The Morgan fingerprint density at radius 1 is 1.17 bits per heavy atom. The number of carbonyl (C=O) groups is 3. The predicted molar refractivity (Wildman–Crippen MR) is 69.3 cm³/mol. The molecule has 0 aliphatic rings. The summed E-state index contributed by atoms with van der Waals surface area (Å²) in [6.45, 7) is 5.90. The Morgan fingerprint density at radius 2 is 1.78 bits per heavy atom. The van der Waals surface area contributed by atoms with Crippen molar-refractivity contribution in [2.75, 3.05) is 19.0 Å². The maximum absolute atomic E-state index is 11.1. The van der Waals surface area contributed by atoms with Crippen molar-refractivity contribution >= 4 is 29.4 Å². The summed E-state index contributed by atoms with van der Waals surface area (Å²) in [5.41, 5.74) is 0.437. The van der Waals surface area contributed by atoms with Gasteiger partial charge in [0.05, 0.1) is 0 Å². The van der Waals surface area contributed by atoms with Crippen LogP contribution in [0.15, 0.2) is 12.2 Å². The second kappa shape index (κ2) is 9.47. The van der Waals surface area contributed by atoms with Gasteiger partial charge in [0.25, 0.3) is 0 Å². The number of imide groups is 1. The van der Waals surface area contributed by atoms with Gasteiger partial charge in [0.15, 0.2) is 0 Å². The SMILES string of the molecule is C=C(C)C(=O)NCCCNC(=O)NC(=O)CCCl. The number of amides is 4. The lowest BCUT2D eigenvalue weighted by Crippen LogP contribution is -2.40. The van der Waals surface area contributed by atoms with Gasteiger partial charge in [-0.15, -0.1) is 11.6 Å². The molecule has 0 rings (SSSR count). The van der Waals surface area contributed by atoms with E-state index in [1.807, 2.05) is 0 Å². The molecule has 4 amide bonds. The van der Waals surface area contributed by atoms with Crippen LogP contribution in [0.5, 0.6) is 0 Å². The largest absolute Gasteiger partial charge is 0.352 e. The van der Waals surface area contributed by atoms with Crippen molar-refractivity contribution in [3.63, 3.8) is 0 Å². The molecule has 0 bridgehead atoms. The lowest BCUT2D eigenvalue weighted by atomic mass is 10.3. The van der Waals surface area contributed by atoms with E-state index in [2.05, 4.69) is 22.5 Å². The molecule has 0 aromatic heterocycles. The fourth-order valence-electron chi connectivity index (χ4n) is 0.962. The van der Waals surface area contributed by atoms with Gasteiger partial charge in [0.2, 0.25) is 11.8 Å². The highest BCUT2D eigenvalue weighted by Crippen LogP contribution is 1.86. The predicted octanol–water partition coefficient (Wildman–Crippen LogP) is 0.523. The summed E-state index contributed by atoms with van der Waals surface area (Å²) < 4.78 is 0. The molecule has 0 aliphatic heterocycles. The Kier molecular flexibility index (Phi) is 8.65. The van der Waals surface area contributed by atoms with Crippen LogP contribution in [-0.2, 0) is 9.59 Å². The smallest absolute Gasteiger partial charge is 0.321 e. The van der Waals surface area contributed by atoms with Crippen LogP contribution in [0.3, 0.4) is 0 Å². The molecule has 0 aromatic rings. The van der Waals surface area contributed by atoms with Crippen molar-refractivity contribution in [2.45, 2.75) is 19.8 Å². The summed E-state index contributed by atoms with van der Waals surface area (Å²) in [7, 11) is 0. The van der Waals surface area contributed by atoms with Crippen molar-refractivity contribution in [3.05, 3.63) is 12.2 Å². The molecular formula is C11H18ClN3O3. The van der Waals surface area contributed by atoms with Crippen LogP contribution in [0.1, 0.15) is 19.8 Å². The molecule has 0 heterocycles. The summed E-state index contributed by atoms with van der Waals surface area (Å²) in [5.74, 6) is -0.457. The number of hydrogen-bond donors (Lipinski definition) is 3. The highest BCUT2D eigenvalue weighted by atomic mass is 35.5. The monoisotopic (exact) mass is 275 g/mol. The number of hydrogen-bond acceptors (Lipinski definition) is 3. The van der Waals surface area contributed by atoms with Gasteiger partial charge in [-0.2, -0.15) is 0 Å². The van der Waals surface area contributed by atoms with E-state index in [1.165, 1.54) is 0 Å². The summed E-state index contributed by atoms with van der Waals surface area (Å²) in [4.78, 5) is 33.2. The normalized spacial score (nSPS) is 9.44. The van der Waals surface area contributed by atoms with Crippen LogP contribution in [-0.4, -0.2) is 36.8 Å². The first kappa shape index (κ1) is 16.4. The third-order valence-corrected chi connectivity index (χ3v) is 2.08. The van der Waals surface area contributed by atoms with E-state index in [0.717, 1.165) is 0 Å². The molecule has 0 radical (unpaired) electrons. The minimum atomic E-state index is -0.559. The fourth-order valence-corrected chi connectivity index (χ4v) is 1.13. The maximum atomic E-state index is 11.1. The van der Waals surface area contributed by atoms with Gasteiger partial charge in [0.1, 0.15) is 0 Å². The van der Waals surface area contributed by atoms with E-state index < -0.39 is 11.9 Å². The minimum absolute atomic E-state index is 0.101. The van der Waals surface area contributed by atoms with E-state index in [-0.39, 0.29) is 18.2 Å². The molecule has 102 valence electrons. The molecule has 7 heteroatoms. The summed E-state index contributed by atoms with van der Waals surface area (Å²) in [5, 5.41) is 7.23. The Morgan fingerprint density at radius 3 is 2.33 bits per heavy atom. The average molecular weight is 276 g/mol. The van der Waals surface area contributed by atoms with Crippen LogP contribution < -0.4 is 16.0 Å². The van der Waals surface area contributed by atoms with Gasteiger partial charge in [-0.3, -0.25) is 14.9 Å². The van der Waals surface area contributed by atoms with Gasteiger partial charge in [-0.1, -0.05) is 6.58 Å². The maximum Gasteiger partial charge on any atom is 0.321 e. The fraction of sp³-hybridized carbons (Fsp3) is 0.545. The Labute approximate surface area is 111 Å². The molecular weight excluding hydrogens is 258 g/mol. The molecule has 0 saturated carbocycles. The van der Waals surface area contributed by atoms with Crippen LogP contribution in [0.25, 0.3) is 0 Å². The first-order valence-corrected chi connectivity index (χ1v) is 6.08. The molecule has 3 N–H and O–H groups in total. The van der Waals surface area contributed by atoms with E-state index in [4.69, 9.17) is 11.6 Å². The Balaban J connectivity index is 3.55. The second-order valence-electron chi connectivity index (χ2n) is 3.63. The van der Waals surface area contributed by atoms with Gasteiger partial charge < -0.3 is 10.6 Å². The molecule has 0 aliphatic carbocycles. The van der Waals surface area contributed by atoms with Gasteiger partial charge >= 0.3 is 6.03 Å². The van der Waals surface area contributed by atoms with Gasteiger partial charge in [-0.25, -0.2) is 4.79 Å². The van der Waals surface area contributed by atoms with Crippen molar-refractivity contribution in [1.82, 2.24) is 16.0 Å². The molecule has 0 unspecified atom stereocenters. The highest BCUT2D eigenvalue weighted by molar-refractivity contribution is 6.19. The first-order chi connectivity index (χ1) is 8.47. The summed E-state index contributed by atoms with van der Waals surface area (Å²) in [6, 6.07) is -0.559. The molecule has 0 fully saturated rings. The molecule has 0 saturated heterocycles. The van der Waals surface area contributed by atoms with Crippen molar-refractivity contribution in [3.8, 4) is 0 Å². The molecule has 18 heavy (non-hydrogen) atoms. The van der Waals surface area contributed by atoms with E-state index in [0.29, 0.717) is 25.1 Å². The quantitative estimate of drug-likeness (QED) is 0.360. The van der Waals surface area contributed by atoms with Crippen LogP contribution in [0.4, 0.5) is 4.79 Å². The number of alkyl halides is 1. The minimum Gasteiger partial charge on any atom is -0.352 e. The molecule has 0 spiro atoms. The topological polar surface area (TPSA) is 87.3 Å². The van der Waals surface area contributed by atoms with Crippen molar-refractivity contribution < 1.29 is 14.4 Å². The number of urea groups is 1. The zero-order chi connectivity index (χ0) is 14.0. The summed E-state index contributed by atoms with van der Waals surface area (Å²) >= 11 is 5.34. The third-order valence-electron chi connectivity index (χ3n) is 1.89. The number of rotatable bonds is 7. The van der Waals surface area contributed by atoms with E-state index in [1.54, 1.807) is 6.92 Å². The summed E-state index contributed by atoms with van der Waals surface area (Å²) in [6.07, 6.45) is 0.666. The lowest BCUT2D eigenvalue weighted by molar-refractivity contribution is -0.119. The van der Waals surface area contributed by atoms with Crippen LogP contribution in [0, 0.1) is 0 Å². The zero-order valence-electron chi connectivity index (χ0n) is 10.3. The second-order valence-corrected chi connectivity index (χ2v) is 4.01. The number of halogens is 1. The third kappa shape index (κ3) is 8.58. The number of carbonyl (C=O) groups excluding carboxylic acids is 3. The van der Waals surface area contributed by atoms with E-state index in [9.17, 15) is 14.4 Å². The molecule has 6 nitrogen and oxygen atoms in total. The Bertz CT molecular complexity index is 331. The zero-order valence-corrected chi connectivity index (χ0v) is 11.1. The van der Waals surface area contributed by atoms with Gasteiger partial charge in [-0.05, 0) is 13.3 Å². The van der Waals surface area contributed by atoms with Gasteiger partial charge in [0, 0.05) is 31.0 Å². The standard InChI is InChI=1S/C11H18ClN3O3/c1-8(2)10(17)13-6-3-7-14-11(18)15-9(16)4-5-12/h1,3-7H2,2H3,(H,13,17)(H2,14,15,16,18). The van der Waals surface area contributed by atoms with E-state index >= 15 is 0 Å².